The van der Waals surface area contributed by atoms with Gasteiger partial charge in [0.05, 0.1) is 12.5 Å². The van der Waals surface area contributed by atoms with Crippen LogP contribution in [0, 0.1) is 5.92 Å². The monoisotopic (exact) mass is 255 g/mol. The first-order valence-electron chi connectivity index (χ1n) is 5.74. The van der Waals surface area contributed by atoms with Gasteiger partial charge in [-0.05, 0) is 24.1 Å². The third kappa shape index (κ3) is 4.02. The average molecular weight is 256 g/mol. The van der Waals surface area contributed by atoms with Crippen molar-refractivity contribution in [3.05, 3.63) is 34.9 Å². The number of esters is 1. The molecule has 0 radical (unpaired) electrons. The number of hydrogen-bond acceptors (Lipinski definition) is 3. The highest BCUT2D eigenvalue weighted by Gasteiger charge is 2.23. The number of carbonyl (C=O) groups excluding carboxylic acids is 1. The predicted molar refractivity (Wildman–Crippen MR) is 68.8 cm³/mol. The van der Waals surface area contributed by atoms with Crippen molar-refractivity contribution in [3.63, 3.8) is 0 Å². The van der Waals surface area contributed by atoms with Gasteiger partial charge in [-0.25, -0.2) is 0 Å². The van der Waals surface area contributed by atoms with Crippen LogP contribution in [0.15, 0.2) is 24.3 Å². The van der Waals surface area contributed by atoms with Gasteiger partial charge in [-0.3, -0.25) is 4.79 Å². The maximum absolute atomic E-state index is 11.7. The van der Waals surface area contributed by atoms with Crippen molar-refractivity contribution in [2.75, 3.05) is 6.61 Å². The Morgan fingerprint density at radius 3 is 2.53 bits per heavy atom. The summed E-state index contributed by atoms with van der Waals surface area (Å²) < 4.78 is 5.07. The highest BCUT2D eigenvalue weighted by atomic mass is 35.5. The fourth-order valence-electron chi connectivity index (χ4n) is 1.45. The first-order chi connectivity index (χ1) is 8.06. The first-order valence-corrected chi connectivity index (χ1v) is 6.11. The normalized spacial score (nSPS) is 14.1. The van der Waals surface area contributed by atoms with Gasteiger partial charge in [0.1, 0.15) is 0 Å². The second-order valence-electron chi connectivity index (χ2n) is 4.03. The largest absolute Gasteiger partial charge is 0.465 e. The van der Waals surface area contributed by atoms with E-state index < -0.39 is 0 Å². The molecule has 1 aromatic rings. The summed E-state index contributed by atoms with van der Waals surface area (Å²) >= 11 is 5.79. The van der Waals surface area contributed by atoms with Gasteiger partial charge >= 0.3 is 5.97 Å². The third-order valence-corrected chi connectivity index (χ3v) is 2.87. The Labute approximate surface area is 107 Å². The molecule has 17 heavy (non-hydrogen) atoms. The van der Waals surface area contributed by atoms with Gasteiger partial charge < -0.3 is 10.5 Å². The van der Waals surface area contributed by atoms with Crippen molar-refractivity contribution in [3.8, 4) is 0 Å². The Morgan fingerprint density at radius 1 is 1.41 bits per heavy atom. The lowest BCUT2D eigenvalue weighted by molar-refractivity contribution is -0.148. The van der Waals surface area contributed by atoms with Gasteiger partial charge in [0, 0.05) is 11.1 Å². The quantitative estimate of drug-likeness (QED) is 0.823. The SMILES string of the molecule is CCCOC(=O)[C@@H](C)[C@H](N)c1ccc(Cl)cc1. The van der Waals surface area contributed by atoms with Crippen molar-refractivity contribution in [1.29, 1.82) is 0 Å². The molecule has 0 amide bonds. The minimum atomic E-state index is -0.364. The summed E-state index contributed by atoms with van der Waals surface area (Å²) in [6, 6.07) is 6.83. The molecule has 0 saturated heterocycles. The van der Waals surface area contributed by atoms with Crippen LogP contribution in [0.4, 0.5) is 0 Å². The number of hydrogen-bond donors (Lipinski definition) is 1. The van der Waals surface area contributed by atoms with Gasteiger partial charge in [0.25, 0.3) is 0 Å². The predicted octanol–water partition coefficient (Wildman–Crippen LogP) is 2.93. The maximum atomic E-state index is 11.7. The first kappa shape index (κ1) is 14.0. The van der Waals surface area contributed by atoms with Crippen LogP contribution in [0.1, 0.15) is 31.9 Å². The van der Waals surface area contributed by atoms with E-state index >= 15 is 0 Å². The summed E-state index contributed by atoms with van der Waals surface area (Å²) in [7, 11) is 0. The number of nitrogens with two attached hydrogens (primary N) is 1. The lowest BCUT2D eigenvalue weighted by Gasteiger charge is -2.19. The molecular weight excluding hydrogens is 238 g/mol. The summed E-state index contributed by atoms with van der Waals surface area (Å²) in [6.07, 6.45) is 0.814. The smallest absolute Gasteiger partial charge is 0.310 e. The van der Waals surface area contributed by atoms with Gasteiger partial charge in [0.2, 0.25) is 0 Å². The molecule has 0 unspecified atom stereocenters. The molecule has 0 aliphatic carbocycles. The van der Waals surface area contributed by atoms with E-state index in [0.29, 0.717) is 11.6 Å². The molecule has 0 fully saturated rings. The van der Waals surface area contributed by atoms with Crippen LogP contribution < -0.4 is 5.73 Å². The highest BCUT2D eigenvalue weighted by Crippen LogP contribution is 2.22. The van der Waals surface area contributed by atoms with E-state index in [0.717, 1.165) is 12.0 Å². The molecule has 2 N–H and O–H groups in total. The van der Waals surface area contributed by atoms with Crippen LogP contribution in [0.5, 0.6) is 0 Å². The van der Waals surface area contributed by atoms with E-state index in [-0.39, 0.29) is 17.9 Å². The van der Waals surface area contributed by atoms with E-state index in [2.05, 4.69) is 0 Å². The van der Waals surface area contributed by atoms with E-state index in [1.807, 2.05) is 19.1 Å². The van der Waals surface area contributed by atoms with Crippen molar-refractivity contribution in [1.82, 2.24) is 0 Å². The standard InChI is InChI=1S/C13H18ClNO2/c1-3-8-17-13(16)9(2)12(15)10-4-6-11(14)7-5-10/h4-7,9,12H,3,8,15H2,1-2H3/t9-,12-/m0/s1. The van der Waals surface area contributed by atoms with Gasteiger partial charge in [0.15, 0.2) is 0 Å². The second-order valence-corrected chi connectivity index (χ2v) is 4.47. The maximum Gasteiger partial charge on any atom is 0.310 e. The van der Waals surface area contributed by atoms with Crippen LogP contribution in [0.25, 0.3) is 0 Å². The lowest BCUT2D eigenvalue weighted by Crippen LogP contribution is -2.27. The summed E-state index contributed by atoms with van der Waals surface area (Å²) in [5.74, 6) is -0.614. The number of rotatable bonds is 5. The summed E-state index contributed by atoms with van der Waals surface area (Å²) in [6.45, 7) is 4.17. The Bertz CT molecular complexity index is 364. The Morgan fingerprint density at radius 2 is 2.00 bits per heavy atom. The van der Waals surface area contributed by atoms with Gasteiger partial charge in [-0.1, -0.05) is 37.6 Å². The molecule has 0 spiro atoms. The molecule has 0 aliphatic heterocycles. The van der Waals surface area contributed by atoms with E-state index in [1.165, 1.54) is 0 Å². The van der Waals surface area contributed by atoms with E-state index in [9.17, 15) is 4.79 Å². The molecule has 0 bridgehead atoms. The molecule has 4 heteroatoms. The van der Waals surface area contributed by atoms with E-state index in [1.54, 1.807) is 19.1 Å². The molecule has 0 aliphatic rings. The molecule has 0 heterocycles. The summed E-state index contributed by atoms with van der Waals surface area (Å²) in [5.41, 5.74) is 6.90. The Hall–Kier alpha value is -1.06. The topological polar surface area (TPSA) is 52.3 Å². The number of ether oxygens (including phenoxy) is 1. The van der Waals surface area contributed by atoms with Crippen LogP contribution in [-0.4, -0.2) is 12.6 Å². The number of halogens is 1. The lowest BCUT2D eigenvalue weighted by atomic mass is 9.95. The fraction of sp³-hybridized carbons (Fsp3) is 0.462. The number of carbonyl (C=O) groups is 1. The Balaban J connectivity index is 2.65. The molecule has 1 aromatic carbocycles. The fourth-order valence-corrected chi connectivity index (χ4v) is 1.58. The molecule has 0 saturated carbocycles. The van der Waals surface area contributed by atoms with Crippen molar-refractivity contribution >= 4 is 17.6 Å². The molecular formula is C13H18ClNO2. The van der Waals surface area contributed by atoms with Crippen LogP contribution >= 0.6 is 11.6 Å². The molecule has 0 aromatic heterocycles. The second kappa shape index (κ2) is 6.62. The molecule has 1 rings (SSSR count). The Kier molecular flexibility index (Phi) is 5.45. The summed E-state index contributed by atoms with van der Waals surface area (Å²) in [4.78, 5) is 11.7. The zero-order valence-corrected chi connectivity index (χ0v) is 10.9. The average Bonchev–Trinajstić information content (AvgIpc) is 2.35. The van der Waals surface area contributed by atoms with Crippen LogP contribution in [0.2, 0.25) is 5.02 Å². The summed E-state index contributed by atoms with van der Waals surface area (Å²) in [5, 5.41) is 0.655. The van der Waals surface area contributed by atoms with Crippen molar-refractivity contribution in [2.45, 2.75) is 26.3 Å². The zero-order valence-electron chi connectivity index (χ0n) is 10.2. The van der Waals surface area contributed by atoms with E-state index in [4.69, 9.17) is 22.1 Å². The van der Waals surface area contributed by atoms with Crippen molar-refractivity contribution in [2.24, 2.45) is 11.7 Å². The third-order valence-electron chi connectivity index (χ3n) is 2.61. The van der Waals surface area contributed by atoms with Crippen molar-refractivity contribution < 1.29 is 9.53 Å². The molecule has 3 nitrogen and oxygen atoms in total. The minimum Gasteiger partial charge on any atom is -0.465 e. The van der Waals surface area contributed by atoms with Gasteiger partial charge in [-0.2, -0.15) is 0 Å². The minimum absolute atomic E-state index is 0.255. The highest BCUT2D eigenvalue weighted by molar-refractivity contribution is 6.30. The zero-order chi connectivity index (χ0) is 12.8. The molecule has 94 valence electrons. The molecule has 2 atom stereocenters. The van der Waals surface area contributed by atoms with Crippen LogP contribution in [-0.2, 0) is 9.53 Å². The number of benzene rings is 1. The van der Waals surface area contributed by atoms with Gasteiger partial charge in [-0.15, -0.1) is 0 Å². The van der Waals surface area contributed by atoms with Crippen LogP contribution in [0.3, 0.4) is 0 Å².